The highest BCUT2D eigenvalue weighted by atomic mass is 32.1. The third kappa shape index (κ3) is 5.14. The van der Waals surface area contributed by atoms with Crippen LogP contribution in [-0.2, 0) is 4.79 Å². The molecule has 0 fully saturated rings. The summed E-state index contributed by atoms with van der Waals surface area (Å²) in [6, 6.07) is 7.23. The van der Waals surface area contributed by atoms with E-state index in [1.165, 1.54) is 0 Å². The third-order valence-corrected chi connectivity index (χ3v) is 4.79. The molecular formula is C20H25N3O3S. The van der Waals surface area contributed by atoms with Crippen molar-refractivity contribution >= 4 is 22.9 Å². The van der Waals surface area contributed by atoms with Crippen LogP contribution in [0.1, 0.15) is 20.3 Å². The van der Waals surface area contributed by atoms with Crippen molar-refractivity contribution in [1.29, 1.82) is 5.26 Å². The van der Waals surface area contributed by atoms with E-state index in [4.69, 9.17) is 14.7 Å². The van der Waals surface area contributed by atoms with Crippen molar-refractivity contribution in [2.75, 3.05) is 26.1 Å². The lowest BCUT2D eigenvalue weighted by Gasteiger charge is -2.21. The highest BCUT2D eigenvalue weighted by molar-refractivity contribution is 7.08. The number of nitriles is 1. The largest absolute Gasteiger partial charge is 0.493 e. The molecule has 0 saturated carbocycles. The normalized spacial score (nSPS) is 11.6. The number of rotatable bonds is 9. The van der Waals surface area contributed by atoms with Gasteiger partial charge in [0, 0.05) is 21.9 Å². The van der Waals surface area contributed by atoms with E-state index < -0.39 is 6.04 Å². The molecule has 27 heavy (non-hydrogen) atoms. The van der Waals surface area contributed by atoms with Gasteiger partial charge in [-0.3, -0.25) is 4.79 Å². The molecule has 0 aliphatic heterocycles. The molecule has 7 heteroatoms. The second kappa shape index (κ2) is 9.83. The molecule has 1 atom stereocenters. The molecule has 1 aromatic heterocycles. The number of amides is 1. The van der Waals surface area contributed by atoms with Crippen LogP contribution in [0.4, 0.5) is 5.69 Å². The van der Waals surface area contributed by atoms with Gasteiger partial charge >= 0.3 is 0 Å². The molecular weight excluding hydrogens is 362 g/mol. The van der Waals surface area contributed by atoms with Gasteiger partial charge in [0.25, 0.3) is 0 Å². The fourth-order valence-electron chi connectivity index (χ4n) is 2.86. The molecule has 1 heterocycles. The maximum atomic E-state index is 12.5. The Balaban J connectivity index is 2.35. The average Bonchev–Trinajstić information content (AvgIpc) is 3.12. The number of hydrogen-bond donors (Lipinski definition) is 2. The van der Waals surface area contributed by atoms with Crippen LogP contribution in [0.15, 0.2) is 29.0 Å². The standard InChI is InChI=1S/C20H25N3O3S/c1-13(2)10-16(20(24)22-9-8-21)23-17-12-27-11-15(17)14-6-5-7-18(25-3)19(14)26-4/h5-7,11-13,16,23H,9-10H2,1-4H3,(H,22,24)/t16-/m0/s1. The molecule has 1 aromatic carbocycles. The smallest absolute Gasteiger partial charge is 0.243 e. The van der Waals surface area contributed by atoms with E-state index in [9.17, 15) is 4.79 Å². The van der Waals surface area contributed by atoms with Gasteiger partial charge < -0.3 is 20.1 Å². The predicted octanol–water partition coefficient (Wildman–Crippen LogP) is 3.90. The number of hydrogen-bond acceptors (Lipinski definition) is 6. The molecule has 0 radical (unpaired) electrons. The van der Waals surface area contributed by atoms with Crippen LogP contribution in [0, 0.1) is 17.2 Å². The fraction of sp³-hybridized carbons (Fsp3) is 0.400. The molecule has 2 rings (SSSR count). The van der Waals surface area contributed by atoms with E-state index in [2.05, 4.69) is 24.5 Å². The summed E-state index contributed by atoms with van der Waals surface area (Å²) in [7, 11) is 3.21. The zero-order valence-corrected chi connectivity index (χ0v) is 16.9. The SMILES string of the molecule is COc1cccc(-c2cscc2N[C@@H](CC(C)C)C(=O)NCC#N)c1OC. The third-order valence-electron chi connectivity index (χ3n) is 4.05. The van der Waals surface area contributed by atoms with Crippen LogP contribution in [0.2, 0.25) is 0 Å². The highest BCUT2D eigenvalue weighted by Gasteiger charge is 2.22. The molecule has 0 saturated heterocycles. The summed E-state index contributed by atoms with van der Waals surface area (Å²) in [5, 5.41) is 18.7. The van der Waals surface area contributed by atoms with Crippen molar-refractivity contribution in [3.63, 3.8) is 0 Å². The van der Waals surface area contributed by atoms with Crippen LogP contribution in [0.3, 0.4) is 0 Å². The zero-order valence-electron chi connectivity index (χ0n) is 16.0. The van der Waals surface area contributed by atoms with E-state index >= 15 is 0 Å². The van der Waals surface area contributed by atoms with E-state index in [1.807, 2.05) is 35.0 Å². The molecule has 0 aliphatic rings. The minimum Gasteiger partial charge on any atom is -0.493 e. The van der Waals surface area contributed by atoms with Gasteiger partial charge in [0.15, 0.2) is 11.5 Å². The Morgan fingerprint density at radius 3 is 2.63 bits per heavy atom. The molecule has 0 spiro atoms. The predicted molar refractivity (Wildman–Crippen MR) is 108 cm³/mol. The van der Waals surface area contributed by atoms with Gasteiger partial charge in [-0.15, -0.1) is 11.3 Å². The monoisotopic (exact) mass is 387 g/mol. The van der Waals surface area contributed by atoms with Gasteiger partial charge in [0.05, 0.1) is 26.0 Å². The van der Waals surface area contributed by atoms with E-state index in [1.54, 1.807) is 25.6 Å². The topological polar surface area (TPSA) is 83.4 Å². The minimum absolute atomic E-state index is 0.00465. The van der Waals surface area contributed by atoms with Crippen LogP contribution < -0.4 is 20.1 Å². The molecule has 2 aromatic rings. The maximum Gasteiger partial charge on any atom is 0.243 e. The number of thiophene rings is 1. The summed E-state index contributed by atoms with van der Waals surface area (Å²) in [4.78, 5) is 12.5. The summed E-state index contributed by atoms with van der Waals surface area (Å²) < 4.78 is 10.9. The van der Waals surface area contributed by atoms with E-state index in [0.29, 0.717) is 23.8 Å². The van der Waals surface area contributed by atoms with E-state index in [0.717, 1.165) is 16.8 Å². The van der Waals surface area contributed by atoms with Crippen LogP contribution in [0.5, 0.6) is 11.5 Å². The van der Waals surface area contributed by atoms with Gasteiger partial charge in [0.1, 0.15) is 12.6 Å². The Hall–Kier alpha value is -2.72. The van der Waals surface area contributed by atoms with Crippen molar-refractivity contribution in [2.24, 2.45) is 5.92 Å². The molecule has 1 amide bonds. The second-order valence-corrected chi connectivity index (χ2v) is 7.19. The fourth-order valence-corrected chi connectivity index (χ4v) is 3.65. The first-order valence-corrected chi connectivity index (χ1v) is 9.64. The average molecular weight is 388 g/mol. The van der Waals surface area contributed by atoms with Gasteiger partial charge in [-0.1, -0.05) is 26.0 Å². The molecule has 0 aliphatic carbocycles. The van der Waals surface area contributed by atoms with Crippen molar-refractivity contribution < 1.29 is 14.3 Å². The lowest BCUT2D eigenvalue weighted by atomic mass is 10.0. The van der Waals surface area contributed by atoms with Gasteiger partial charge in [-0.2, -0.15) is 5.26 Å². The van der Waals surface area contributed by atoms with Crippen molar-refractivity contribution in [3.8, 4) is 28.7 Å². The van der Waals surface area contributed by atoms with Crippen LogP contribution >= 0.6 is 11.3 Å². The summed E-state index contributed by atoms with van der Waals surface area (Å²) in [6.45, 7) is 4.12. The number of benzene rings is 1. The van der Waals surface area contributed by atoms with Crippen molar-refractivity contribution in [1.82, 2.24) is 5.32 Å². The Kier molecular flexibility index (Phi) is 7.50. The lowest BCUT2D eigenvalue weighted by Crippen LogP contribution is -2.40. The number of carbonyl (C=O) groups is 1. The molecule has 2 N–H and O–H groups in total. The van der Waals surface area contributed by atoms with E-state index in [-0.39, 0.29) is 12.5 Å². The number of methoxy groups -OCH3 is 2. The van der Waals surface area contributed by atoms with Crippen LogP contribution in [-0.4, -0.2) is 32.7 Å². The number of para-hydroxylation sites is 1. The molecule has 0 unspecified atom stereocenters. The molecule has 144 valence electrons. The number of nitrogens with one attached hydrogen (secondary N) is 2. The molecule has 0 bridgehead atoms. The maximum absolute atomic E-state index is 12.5. The summed E-state index contributed by atoms with van der Waals surface area (Å²) in [5.74, 6) is 1.44. The molecule has 6 nitrogen and oxygen atoms in total. The Morgan fingerprint density at radius 2 is 2.00 bits per heavy atom. The van der Waals surface area contributed by atoms with Crippen LogP contribution in [0.25, 0.3) is 11.1 Å². The first-order valence-electron chi connectivity index (χ1n) is 8.70. The lowest BCUT2D eigenvalue weighted by molar-refractivity contribution is -0.121. The minimum atomic E-state index is -0.427. The van der Waals surface area contributed by atoms with Gasteiger partial charge in [0.2, 0.25) is 5.91 Å². The number of nitrogens with zero attached hydrogens (tertiary/aromatic N) is 1. The number of ether oxygens (including phenoxy) is 2. The zero-order chi connectivity index (χ0) is 19.8. The Morgan fingerprint density at radius 1 is 1.22 bits per heavy atom. The Labute approximate surface area is 164 Å². The van der Waals surface area contributed by atoms with Crippen molar-refractivity contribution in [2.45, 2.75) is 26.3 Å². The van der Waals surface area contributed by atoms with Crippen molar-refractivity contribution in [3.05, 3.63) is 29.0 Å². The highest BCUT2D eigenvalue weighted by Crippen LogP contribution is 2.42. The Bertz CT molecular complexity index is 811. The van der Waals surface area contributed by atoms with Gasteiger partial charge in [-0.25, -0.2) is 0 Å². The summed E-state index contributed by atoms with van der Waals surface area (Å²) in [5.41, 5.74) is 2.68. The first-order chi connectivity index (χ1) is 13.0. The number of anilines is 1. The summed E-state index contributed by atoms with van der Waals surface area (Å²) >= 11 is 1.54. The quantitative estimate of drug-likeness (QED) is 0.638. The first kappa shape index (κ1) is 20.6. The van der Waals surface area contributed by atoms with Gasteiger partial charge in [-0.05, 0) is 18.4 Å². The summed E-state index contributed by atoms with van der Waals surface area (Å²) in [6.07, 6.45) is 0.655. The number of carbonyl (C=O) groups excluding carboxylic acids is 1. The second-order valence-electron chi connectivity index (χ2n) is 6.44.